The maximum absolute atomic E-state index is 12.5. The highest BCUT2D eigenvalue weighted by Crippen LogP contribution is 2.33. The van der Waals surface area contributed by atoms with Gasteiger partial charge in [-0.25, -0.2) is 0 Å². The molecule has 5 nitrogen and oxygen atoms in total. The Morgan fingerprint density at radius 1 is 1.15 bits per heavy atom. The van der Waals surface area contributed by atoms with E-state index >= 15 is 0 Å². The molecule has 1 fully saturated rings. The fraction of sp³-hybridized carbons (Fsp3) is 0.429. The van der Waals surface area contributed by atoms with E-state index in [1.165, 1.54) is 17.7 Å². The summed E-state index contributed by atoms with van der Waals surface area (Å²) in [5.74, 6) is -0.0131. The number of hydrogen-bond donors (Lipinski definition) is 0. The smallest absolute Gasteiger partial charge is 0.272 e. The topological polar surface area (TPSA) is 45.7 Å². The van der Waals surface area contributed by atoms with Crippen molar-refractivity contribution in [3.63, 3.8) is 0 Å². The summed E-state index contributed by atoms with van der Waals surface area (Å²) < 4.78 is 5.30. The zero-order valence-corrected chi connectivity index (χ0v) is 15.4. The van der Waals surface area contributed by atoms with Crippen molar-refractivity contribution in [2.75, 3.05) is 38.3 Å². The van der Waals surface area contributed by atoms with Crippen LogP contribution in [0.25, 0.3) is 11.1 Å². The minimum atomic E-state index is -0.0131. The first-order valence-corrected chi connectivity index (χ1v) is 9.32. The van der Waals surface area contributed by atoms with Gasteiger partial charge < -0.3 is 14.5 Å². The maximum Gasteiger partial charge on any atom is 0.272 e. The first kappa shape index (κ1) is 17.0. The van der Waals surface area contributed by atoms with E-state index in [-0.39, 0.29) is 5.91 Å². The summed E-state index contributed by atoms with van der Waals surface area (Å²) in [6.07, 6.45) is 4.10. The van der Waals surface area contributed by atoms with Gasteiger partial charge in [-0.2, -0.15) is 0 Å². The quantitative estimate of drug-likeness (QED) is 0.834. The van der Waals surface area contributed by atoms with Crippen LogP contribution >= 0.6 is 0 Å². The van der Waals surface area contributed by atoms with Crippen LogP contribution in [-0.2, 0) is 11.2 Å². The molecule has 0 N–H and O–H groups in total. The van der Waals surface area contributed by atoms with Crippen molar-refractivity contribution in [1.82, 2.24) is 9.88 Å². The van der Waals surface area contributed by atoms with Gasteiger partial charge in [0.15, 0.2) is 0 Å². The van der Waals surface area contributed by atoms with Gasteiger partial charge in [-0.3, -0.25) is 9.78 Å². The average Bonchev–Trinajstić information content (AvgIpc) is 2.71. The number of aryl methyl sites for hydroxylation is 1. The third-order valence-electron chi connectivity index (χ3n) is 5.57. The molecular formula is C21H25N3O2. The van der Waals surface area contributed by atoms with Crippen molar-refractivity contribution in [1.29, 1.82) is 0 Å². The molecule has 1 saturated heterocycles. The van der Waals surface area contributed by atoms with Crippen molar-refractivity contribution in [2.45, 2.75) is 25.8 Å². The molecule has 5 heteroatoms. The molecule has 1 aromatic heterocycles. The Morgan fingerprint density at radius 3 is 2.65 bits per heavy atom. The second-order valence-corrected chi connectivity index (χ2v) is 7.18. The molecule has 1 atom stereocenters. The van der Waals surface area contributed by atoms with E-state index < -0.39 is 0 Å². The van der Waals surface area contributed by atoms with E-state index in [0.29, 0.717) is 38.0 Å². The number of nitrogens with zero attached hydrogens (tertiary/aromatic N) is 3. The Kier molecular flexibility index (Phi) is 4.64. The van der Waals surface area contributed by atoms with E-state index in [1.54, 1.807) is 4.90 Å². The van der Waals surface area contributed by atoms with Crippen LogP contribution in [0.4, 0.5) is 5.69 Å². The van der Waals surface area contributed by atoms with Gasteiger partial charge in [-0.05, 0) is 49.1 Å². The number of amides is 1. The first-order chi connectivity index (χ1) is 12.6. The number of hydrogen-bond acceptors (Lipinski definition) is 4. The van der Waals surface area contributed by atoms with E-state index in [1.807, 2.05) is 18.3 Å². The van der Waals surface area contributed by atoms with Crippen molar-refractivity contribution < 1.29 is 9.53 Å². The summed E-state index contributed by atoms with van der Waals surface area (Å²) in [7, 11) is 2.16. The summed E-state index contributed by atoms with van der Waals surface area (Å²) in [6.45, 7) is 4.75. The number of ether oxygens (including phenoxy) is 1. The average molecular weight is 351 g/mol. The molecule has 0 spiro atoms. The molecule has 0 unspecified atom stereocenters. The Bertz CT molecular complexity index is 797. The predicted octanol–water partition coefficient (Wildman–Crippen LogP) is 2.99. The lowest BCUT2D eigenvalue weighted by molar-refractivity contribution is 0.0299. The van der Waals surface area contributed by atoms with E-state index in [4.69, 9.17) is 4.74 Å². The monoisotopic (exact) mass is 351 g/mol. The van der Waals surface area contributed by atoms with E-state index in [2.05, 4.69) is 42.1 Å². The number of anilines is 1. The molecule has 0 saturated carbocycles. The zero-order chi connectivity index (χ0) is 18.1. The molecule has 1 amide bonds. The number of morpholine rings is 1. The summed E-state index contributed by atoms with van der Waals surface area (Å²) in [4.78, 5) is 21.1. The molecule has 4 rings (SSSR count). The van der Waals surface area contributed by atoms with Gasteiger partial charge in [0.2, 0.25) is 0 Å². The minimum absolute atomic E-state index is 0.0131. The number of carbonyl (C=O) groups excluding carboxylic acids is 1. The number of fused-ring (bicyclic) bond motifs is 1. The fourth-order valence-electron chi connectivity index (χ4n) is 3.72. The van der Waals surface area contributed by atoms with Crippen LogP contribution in [0.5, 0.6) is 0 Å². The third-order valence-corrected chi connectivity index (χ3v) is 5.57. The summed E-state index contributed by atoms with van der Waals surface area (Å²) in [5, 5.41) is 0. The van der Waals surface area contributed by atoms with Gasteiger partial charge in [0.1, 0.15) is 5.69 Å². The summed E-state index contributed by atoms with van der Waals surface area (Å²) in [6, 6.07) is 11.0. The van der Waals surface area contributed by atoms with Gasteiger partial charge in [0.05, 0.1) is 13.2 Å². The number of rotatable bonds is 2. The maximum atomic E-state index is 12.5. The highest BCUT2D eigenvalue weighted by atomic mass is 16.5. The predicted molar refractivity (Wildman–Crippen MR) is 103 cm³/mol. The largest absolute Gasteiger partial charge is 0.378 e. The number of carbonyl (C=O) groups is 1. The number of aromatic nitrogens is 1. The molecular weight excluding hydrogens is 326 g/mol. The lowest BCUT2D eigenvalue weighted by Gasteiger charge is -2.34. The molecule has 3 heterocycles. The molecule has 2 aliphatic rings. The molecule has 0 aliphatic carbocycles. The van der Waals surface area contributed by atoms with Crippen molar-refractivity contribution in [3.05, 3.63) is 47.8 Å². The normalized spacial score (nSPS) is 20.0. The van der Waals surface area contributed by atoms with Crippen molar-refractivity contribution >= 4 is 11.6 Å². The highest BCUT2D eigenvalue weighted by Gasteiger charge is 2.21. The van der Waals surface area contributed by atoms with Crippen LogP contribution in [-0.4, -0.2) is 55.2 Å². The minimum Gasteiger partial charge on any atom is -0.378 e. The van der Waals surface area contributed by atoms with Crippen LogP contribution in [0.15, 0.2) is 36.5 Å². The molecule has 1 aromatic carbocycles. The Hall–Kier alpha value is -2.40. The van der Waals surface area contributed by atoms with Gasteiger partial charge in [0.25, 0.3) is 5.91 Å². The summed E-state index contributed by atoms with van der Waals surface area (Å²) >= 11 is 0. The Labute approximate surface area is 154 Å². The molecule has 2 aliphatic heterocycles. The first-order valence-electron chi connectivity index (χ1n) is 9.32. The Balaban J connectivity index is 1.54. The SMILES string of the molecule is C[C@H]1CCc2cc(-c3ccc(C(=O)N4CCOCC4)nc3)ccc2N1C. The number of pyridine rings is 1. The van der Waals surface area contributed by atoms with E-state index in [9.17, 15) is 4.79 Å². The van der Waals surface area contributed by atoms with Crippen LogP contribution in [0, 0.1) is 0 Å². The van der Waals surface area contributed by atoms with Crippen molar-refractivity contribution in [2.24, 2.45) is 0 Å². The van der Waals surface area contributed by atoms with Crippen LogP contribution in [0.3, 0.4) is 0 Å². The standard InChI is InChI=1S/C21H25N3O2/c1-15-3-4-17-13-16(6-8-20(17)23(15)2)18-5-7-19(22-14-18)21(25)24-9-11-26-12-10-24/h5-8,13-15H,3-4,9-12H2,1-2H3/t15-/m0/s1. The molecule has 0 bridgehead atoms. The summed E-state index contributed by atoms with van der Waals surface area (Å²) in [5.41, 5.74) is 5.41. The van der Waals surface area contributed by atoms with Crippen LogP contribution < -0.4 is 4.90 Å². The zero-order valence-electron chi connectivity index (χ0n) is 15.4. The molecule has 0 radical (unpaired) electrons. The van der Waals surface area contributed by atoms with E-state index in [0.717, 1.165) is 17.5 Å². The van der Waals surface area contributed by atoms with Crippen LogP contribution in [0.2, 0.25) is 0 Å². The van der Waals surface area contributed by atoms with Gasteiger partial charge in [-0.15, -0.1) is 0 Å². The molecule has 136 valence electrons. The van der Waals surface area contributed by atoms with Gasteiger partial charge >= 0.3 is 0 Å². The molecule has 2 aromatic rings. The second-order valence-electron chi connectivity index (χ2n) is 7.18. The fourth-order valence-corrected chi connectivity index (χ4v) is 3.72. The van der Waals surface area contributed by atoms with Crippen molar-refractivity contribution in [3.8, 4) is 11.1 Å². The van der Waals surface area contributed by atoms with Gasteiger partial charge in [0, 0.05) is 43.6 Å². The lowest BCUT2D eigenvalue weighted by Crippen LogP contribution is -2.41. The Morgan fingerprint density at radius 2 is 1.92 bits per heavy atom. The van der Waals surface area contributed by atoms with Gasteiger partial charge in [-0.1, -0.05) is 12.1 Å². The molecule has 26 heavy (non-hydrogen) atoms. The second kappa shape index (κ2) is 7.08. The van der Waals surface area contributed by atoms with Crippen LogP contribution in [0.1, 0.15) is 29.4 Å². The third kappa shape index (κ3) is 3.19. The lowest BCUT2D eigenvalue weighted by atomic mass is 9.94. The highest BCUT2D eigenvalue weighted by molar-refractivity contribution is 5.92. The number of benzene rings is 1.